The van der Waals surface area contributed by atoms with E-state index >= 15 is 0 Å². The molecule has 0 bridgehead atoms. The first-order valence-corrected chi connectivity index (χ1v) is 7.25. The van der Waals surface area contributed by atoms with Crippen LogP contribution in [0.4, 0.5) is 5.69 Å². The molecule has 0 amide bonds. The van der Waals surface area contributed by atoms with Crippen molar-refractivity contribution in [3.05, 3.63) is 49.6 Å². The van der Waals surface area contributed by atoms with Crippen molar-refractivity contribution >= 4 is 33.0 Å². The van der Waals surface area contributed by atoms with Crippen LogP contribution in [0.3, 0.4) is 0 Å². The van der Waals surface area contributed by atoms with Crippen molar-refractivity contribution in [3.8, 4) is 6.07 Å². The molecule has 2 rings (SSSR count). The van der Waals surface area contributed by atoms with Gasteiger partial charge in [-0.15, -0.1) is 11.3 Å². The van der Waals surface area contributed by atoms with Gasteiger partial charge in [-0.1, -0.05) is 15.9 Å². The molecule has 0 aliphatic carbocycles. The predicted octanol–water partition coefficient (Wildman–Crippen LogP) is 4.61. The van der Waals surface area contributed by atoms with Crippen LogP contribution in [0.25, 0.3) is 0 Å². The van der Waals surface area contributed by atoms with Gasteiger partial charge in [0.15, 0.2) is 0 Å². The molecule has 92 valence electrons. The lowest BCUT2D eigenvalue weighted by atomic mass is 10.1. The fraction of sp³-hybridized carbons (Fsp3) is 0.214. The van der Waals surface area contributed by atoms with E-state index in [0.717, 1.165) is 16.6 Å². The number of hydrogen-bond donors (Lipinski definition) is 1. The van der Waals surface area contributed by atoms with Gasteiger partial charge in [-0.2, -0.15) is 5.26 Å². The Morgan fingerprint density at radius 1 is 1.28 bits per heavy atom. The van der Waals surface area contributed by atoms with E-state index in [1.807, 2.05) is 11.4 Å². The van der Waals surface area contributed by atoms with E-state index in [-0.39, 0.29) is 0 Å². The van der Waals surface area contributed by atoms with Gasteiger partial charge in [0, 0.05) is 27.0 Å². The second-order valence-electron chi connectivity index (χ2n) is 4.18. The summed E-state index contributed by atoms with van der Waals surface area (Å²) in [7, 11) is 0. The van der Waals surface area contributed by atoms with Crippen LogP contribution in [-0.2, 0) is 6.54 Å². The minimum atomic E-state index is 0.737. The third kappa shape index (κ3) is 2.92. The summed E-state index contributed by atoms with van der Waals surface area (Å²) in [5.41, 5.74) is 4.35. The molecule has 0 radical (unpaired) electrons. The zero-order chi connectivity index (χ0) is 13.1. The van der Waals surface area contributed by atoms with Crippen molar-refractivity contribution in [1.82, 2.24) is 0 Å². The van der Waals surface area contributed by atoms with Crippen LogP contribution < -0.4 is 5.32 Å². The fourth-order valence-corrected chi connectivity index (χ4v) is 3.33. The number of nitriles is 1. The third-order valence-corrected chi connectivity index (χ3v) is 4.11. The maximum Gasteiger partial charge on any atom is 0.100 e. The molecule has 2 aromatic rings. The first-order chi connectivity index (χ1) is 8.60. The van der Waals surface area contributed by atoms with Crippen molar-refractivity contribution < 1.29 is 0 Å². The molecule has 0 atom stereocenters. The summed E-state index contributed by atoms with van der Waals surface area (Å²) in [5, 5.41) is 14.1. The average molecular weight is 321 g/mol. The average Bonchev–Trinajstić information content (AvgIpc) is 2.75. The summed E-state index contributed by atoms with van der Waals surface area (Å²) in [6.45, 7) is 4.94. The van der Waals surface area contributed by atoms with Crippen LogP contribution in [0.5, 0.6) is 0 Å². The number of nitrogens with one attached hydrogen (secondary N) is 1. The Balaban J connectivity index is 2.13. The highest BCUT2D eigenvalue weighted by Crippen LogP contribution is 2.26. The minimum absolute atomic E-state index is 0.737. The maximum absolute atomic E-state index is 8.79. The number of nitrogens with zero attached hydrogens (tertiary/aromatic N) is 1. The van der Waals surface area contributed by atoms with Gasteiger partial charge in [-0.3, -0.25) is 0 Å². The second-order valence-corrected chi connectivity index (χ2v) is 6.09. The third-order valence-electron chi connectivity index (χ3n) is 2.72. The number of halogens is 1. The van der Waals surface area contributed by atoms with E-state index in [0.29, 0.717) is 0 Å². The molecule has 1 heterocycles. The molecule has 0 fully saturated rings. The molecule has 0 saturated carbocycles. The zero-order valence-electron chi connectivity index (χ0n) is 10.2. The molecular weight excluding hydrogens is 308 g/mol. The van der Waals surface area contributed by atoms with Gasteiger partial charge in [0.25, 0.3) is 0 Å². The molecule has 1 aromatic heterocycles. The van der Waals surface area contributed by atoms with Crippen LogP contribution in [0.2, 0.25) is 0 Å². The maximum atomic E-state index is 8.79. The van der Waals surface area contributed by atoms with Crippen LogP contribution in [0.15, 0.2) is 28.1 Å². The number of aryl methyl sites for hydroxylation is 2. The Labute approximate surface area is 119 Å². The quantitative estimate of drug-likeness (QED) is 0.896. The van der Waals surface area contributed by atoms with E-state index in [4.69, 9.17) is 5.26 Å². The Morgan fingerprint density at radius 2 is 1.94 bits per heavy atom. The largest absolute Gasteiger partial charge is 0.380 e. The zero-order valence-corrected chi connectivity index (χ0v) is 12.7. The Kier molecular flexibility index (Phi) is 4.05. The van der Waals surface area contributed by atoms with Crippen LogP contribution in [0, 0.1) is 25.2 Å². The first kappa shape index (κ1) is 13.1. The molecule has 2 nitrogen and oxygen atoms in total. The van der Waals surface area contributed by atoms with Gasteiger partial charge in [-0.05, 0) is 43.2 Å². The standard InChI is InChI=1S/C14H13BrN2S/c1-9-3-12(15)4-10(2)14(9)17-7-13-5-11(6-16)8-18-13/h3-5,8,17H,7H2,1-2H3. The fourth-order valence-electron chi connectivity index (χ4n) is 1.90. The number of benzene rings is 1. The second kappa shape index (κ2) is 5.55. The smallest absolute Gasteiger partial charge is 0.100 e. The molecule has 0 saturated heterocycles. The molecule has 4 heteroatoms. The lowest BCUT2D eigenvalue weighted by Crippen LogP contribution is -2.01. The van der Waals surface area contributed by atoms with Gasteiger partial charge in [0.05, 0.1) is 5.56 Å². The summed E-state index contributed by atoms with van der Waals surface area (Å²) in [4.78, 5) is 1.17. The molecule has 0 aliphatic rings. The van der Waals surface area contributed by atoms with E-state index in [1.165, 1.54) is 21.7 Å². The van der Waals surface area contributed by atoms with Crippen LogP contribution in [0.1, 0.15) is 21.6 Å². The normalized spacial score (nSPS) is 10.1. The highest BCUT2D eigenvalue weighted by atomic mass is 79.9. The van der Waals surface area contributed by atoms with Crippen molar-refractivity contribution in [2.45, 2.75) is 20.4 Å². The minimum Gasteiger partial charge on any atom is -0.380 e. The Bertz CT molecular complexity index is 587. The van der Waals surface area contributed by atoms with E-state index in [9.17, 15) is 0 Å². The molecule has 1 N–H and O–H groups in total. The summed E-state index contributed by atoms with van der Waals surface area (Å²) in [5.74, 6) is 0. The lowest BCUT2D eigenvalue weighted by Gasteiger charge is -2.12. The van der Waals surface area contributed by atoms with Gasteiger partial charge in [0.1, 0.15) is 6.07 Å². The molecular formula is C14H13BrN2S. The SMILES string of the molecule is Cc1cc(Br)cc(C)c1NCc1cc(C#N)cs1. The molecule has 1 aromatic carbocycles. The number of rotatable bonds is 3. The first-order valence-electron chi connectivity index (χ1n) is 5.58. The summed E-state index contributed by atoms with van der Waals surface area (Å²) < 4.78 is 1.10. The van der Waals surface area contributed by atoms with Gasteiger partial charge < -0.3 is 5.32 Å². The highest BCUT2D eigenvalue weighted by molar-refractivity contribution is 9.10. The van der Waals surface area contributed by atoms with E-state index in [1.54, 1.807) is 11.3 Å². The van der Waals surface area contributed by atoms with Crippen LogP contribution in [-0.4, -0.2) is 0 Å². The number of thiophene rings is 1. The highest BCUT2D eigenvalue weighted by Gasteiger charge is 2.05. The van der Waals surface area contributed by atoms with Crippen molar-refractivity contribution in [1.29, 1.82) is 5.26 Å². The van der Waals surface area contributed by atoms with E-state index < -0.39 is 0 Å². The molecule has 0 aliphatic heterocycles. The number of hydrogen-bond acceptors (Lipinski definition) is 3. The van der Waals surface area contributed by atoms with Crippen molar-refractivity contribution in [3.63, 3.8) is 0 Å². The van der Waals surface area contributed by atoms with Gasteiger partial charge >= 0.3 is 0 Å². The molecule has 18 heavy (non-hydrogen) atoms. The molecule has 0 unspecified atom stereocenters. The van der Waals surface area contributed by atoms with Gasteiger partial charge in [-0.25, -0.2) is 0 Å². The van der Waals surface area contributed by atoms with Crippen molar-refractivity contribution in [2.75, 3.05) is 5.32 Å². The van der Waals surface area contributed by atoms with Crippen LogP contribution >= 0.6 is 27.3 Å². The topological polar surface area (TPSA) is 35.8 Å². The monoisotopic (exact) mass is 320 g/mol. The lowest BCUT2D eigenvalue weighted by molar-refractivity contribution is 1.16. The van der Waals surface area contributed by atoms with Crippen molar-refractivity contribution in [2.24, 2.45) is 0 Å². The molecule has 0 spiro atoms. The summed E-state index contributed by atoms with van der Waals surface area (Å²) >= 11 is 5.11. The summed E-state index contributed by atoms with van der Waals surface area (Å²) in [6, 6.07) is 8.29. The van der Waals surface area contributed by atoms with E-state index in [2.05, 4.69) is 53.3 Å². The number of anilines is 1. The predicted molar refractivity (Wildman–Crippen MR) is 80.0 cm³/mol. The Morgan fingerprint density at radius 3 is 2.50 bits per heavy atom. The Hall–Kier alpha value is -1.31. The van der Waals surface area contributed by atoms with Gasteiger partial charge in [0.2, 0.25) is 0 Å². The summed E-state index contributed by atoms with van der Waals surface area (Å²) in [6.07, 6.45) is 0.